The third-order valence-electron chi connectivity index (χ3n) is 3.80. The van der Waals surface area contributed by atoms with Crippen LogP contribution in [0.2, 0.25) is 5.02 Å². The number of nitrogens with zero attached hydrogens (tertiary/aromatic N) is 2. The molecule has 10 heteroatoms. The van der Waals surface area contributed by atoms with Crippen LogP contribution in [0.4, 0.5) is 11.4 Å². The fraction of sp³-hybridized carbons (Fsp3) is 0.294. The number of hydrogen-bond donors (Lipinski definition) is 1. The average molecular weight is 396 g/mol. The number of benzene rings is 1. The van der Waals surface area contributed by atoms with Crippen molar-refractivity contribution < 1.29 is 24.0 Å². The predicted molar refractivity (Wildman–Crippen MR) is 98.3 cm³/mol. The van der Waals surface area contributed by atoms with Crippen molar-refractivity contribution in [2.24, 2.45) is 7.05 Å². The van der Waals surface area contributed by atoms with E-state index in [9.17, 15) is 19.7 Å². The first kappa shape index (κ1) is 20.2. The van der Waals surface area contributed by atoms with E-state index in [-0.39, 0.29) is 11.4 Å². The highest BCUT2D eigenvalue weighted by Gasteiger charge is 2.24. The molecular weight excluding hydrogens is 378 g/mol. The Hall–Kier alpha value is -3.07. The Morgan fingerprint density at radius 2 is 2.00 bits per heavy atom. The summed E-state index contributed by atoms with van der Waals surface area (Å²) in [4.78, 5) is 34.7. The summed E-state index contributed by atoms with van der Waals surface area (Å²) in [6.07, 6.45) is 0.0371. The molecule has 1 atom stereocenters. The number of aryl methyl sites for hydroxylation is 2. The van der Waals surface area contributed by atoms with Crippen LogP contribution < -0.4 is 10.1 Å². The van der Waals surface area contributed by atoms with Crippen LogP contribution in [0.1, 0.15) is 23.0 Å². The summed E-state index contributed by atoms with van der Waals surface area (Å²) in [5.41, 5.74) is 0.819. The van der Waals surface area contributed by atoms with Gasteiger partial charge in [-0.1, -0.05) is 11.6 Å². The van der Waals surface area contributed by atoms with Gasteiger partial charge in [0.15, 0.2) is 6.10 Å². The Balaban J connectivity index is 2.11. The predicted octanol–water partition coefficient (Wildman–Crippen LogP) is 3.09. The van der Waals surface area contributed by atoms with Gasteiger partial charge in [-0.3, -0.25) is 14.9 Å². The molecule has 0 aliphatic carbocycles. The van der Waals surface area contributed by atoms with Gasteiger partial charge in [0.05, 0.1) is 23.9 Å². The maximum absolute atomic E-state index is 12.4. The Labute approximate surface area is 160 Å². The molecule has 144 valence electrons. The average Bonchev–Trinajstić information content (AvgIpc) is 3.00. The molecule has 1 amide bonds. The van der Waals surface area contributed by atoms with Gasteiger partial charge in [0.2, 0.25) is 0 Å². The number of aromatic nitrogens is 1. The van der Waals surface area contributed by atoms with Crippen LogP contribution in [0, 0.1) is 17.0 Å². The normalized spacial score (nSPS) is 11.6. The number of carbonyl (C=O) groups excluding carboxylic acids is 2. The van der Waals surface area contributed by atoms with Gasteiger partial charge in [0, 0.05) is 24.2 Å². The SMILES string of the molecule is COc1cc(Cl)c(C)cc1NC(=O)C(C)OC(=O)c1cc([N+](=O)[O-])cn1C. The number of amides is 1. The molecular formula is C17H18ClN3O6. The van der Waals surface area contributed by atoms with Crippen molar-refractivity contribution >= 4 is 34.9 Å². The zero-order chi connectivity index (χ0) is 20.3. The van der Waals surface area contributed by atoms with E-state index in [1.165, 1.54) is 31.8 Å². The molecule has 0 saturated heterocycles. The number of anilines is 1. The van der Waals surface area contributed by atoms with E-state index in [2.05, 4.69) is 5.32 Å². The molecule has 0 aliphatic heterocycles. The van der Waals surface area contributed by atoms with Crippen molar-refractivity contribution in [3.05, 3.63) is 50.8 Å². The second-order valence-corrected chi connectivity index (χ2v) is 6.20. The Kier molecular flexibility index (Phi) is 6.06. The molecule has 1 aromatic heterocycles. The topological polar surface area (TPSA) is 113 Å². The monoisotopic (exact) mass is 395 g/mol. The molecule has 1 heterocycles. The molecule has 2 rings (SSSR count). The number of rotatable bonds is 6. The van der Waals surface area contributed by atoms with Gasteiger partial charge in [-0.25, -0.2) is 4.79 Å². The molecule has 9 nitrogen and oxygen atoms in total. The molecule has 0 aliphatic rings. The van der Waals surface area contributed by atoms with Gasteiger partial charge in [-0.15, -0.1) is 0 Å². The second kappa shape index (κ2) is 8.09. The molecule has 1 N–H and O–H groups in total. The maximum Gasteiger partial charge on any atom is 0.355 e. The minimum atomic E-state index is -1.15. The van der Waals surface area contributed by atoms with E-state index < -0.39 is 22.9 Å². The number of carbonyl (C=O) groups is 2. The summed E-state index contributed by atoms with van der Waals surface area (Å²) in [6.45, 7) is 3.16. The molecule has 0 spiro atoms. The standard InChI is InChI=1S/C17H18ClN3O6/c1-9-5-13(15(26-4)7-12(9)18)19-16(22)10(2)27-17(23)14-6-11(21(24)25)8-20(14)3/h5-8,10H,1-4H3,(H,19,22). The molecule has 27 heavy (non-hydrogen) atoms. The fourth-order valence-corrected chi connectivity index (χ4v) is 2.44. The van der Waals surface area contributed by atoms with E-state index >= 15 is 0 Å². The Morgan fingerprint density at radius 1 is 1.33 bits per heavy atom. The number of nitrogens with one attached hydrogen (secondary N) is 1. The molecule has 1 aromatic carbocycles. The number of halogens is 1. The summed E-state index contributed by atoms with van der Waals surface area (Å²) in [7, 11) is 2.90. The van der Waals surface area contributed by atoms with Crippen LogP contribution in [0.5, 0.6) is 5.75 Å². The maximum atomic E-state index is 12.4. The van der Waals surface area contributed by atoms with Crippen molar-refractivity contribution in [2.45, 2.75) is 20.0 Å². The molecule has 2 aromatic rings. The Morgan fingerprint density at radius 3 is 2.56 bits per heavy atom. The molecule has 0 radical (unpaired) electrons. The zero-order valence-electron chi connectivity index (χ0n) is 15.1. The lowest BCUT2D eigenvalue weighted by Crippen LogP contribution is -2.30. The number of esters is 1. The largest absolute Gasteiger partial charge is 0.495 e. The first-order valence-electron chi connectivity index (χ1n) is 7.80. The van der Waals surface area contributed by atoms with Gasteiger partial charge >= 0.3 is 5.97 Å². The van der Waals surface area contributed by atoms with E-state index in [0.717, 1.165) is 11.6 Å². The first-order valence-corrected chi connectivity index (χ1v) is 8.18. The van der Waals surface area contributed by atoms with Gasteiger partial charge in [0.1, 0.15) is 11.4 Å². The zero-order valence-corrected chi connectivity index (χ0v) is 15.9. The summed E-state index contributed by atoms with van der Waals surface area (Å²) < 4.78 is 11.6. The van der Waals surface area contributed by atoms with Crippen molar-refractivity contribution in [3.8, 4) is 5.75 Å². The van der Waals surface area contributed by atoms with Crippen LogP contribution in [0.15, 0.2) is 24.4 Å². The van der Waals surface area contributed by atoms with Crippen molar-refractivity contribution in [1.82, 2.24) is 4.57 Å². The molecule has 1 unspecified atom stereocenters. The lowest BCUT2D eigenvalue weighted by molar-refractivity contribution is -0.384. The fourth-order valence-electron chi connectivity index (χ4n) is 2.29. The van der Waals surface area contributed by atoms with E-state index in [1.807, 2.05) is 0 Å². The van der Waals surface area contributed by atoms with Crippen molar-refractivity contribution in [1.29, 1.82) is 0 Å². The summed E-state index contributed by atoms with van der Waals surface area (Å²) in [5.74, 6) is -1.09. The van der Waals surface area contributed by atoms with Gasteiger partial charge in [-0.05, 0) is 25.5 Å². The van der Waals surface area contributed by atoms with Crippen LogP contribution in [0.3, 0.4) is 0 Å². The third-order valence-corrected chi connectivity index (χ3v) is 4.21. The lowest BCUT2D eigenvalue weighted by Gasteiger charge is -2.16. The summed E-state index contributed by atoms with van der Waals surface area (Å²) >= 11 is 6.03. The molecule has 0 fully saturated rings. The highest BCUT2D eigenvalue weighted by Crippen LogP contribution is 2.31. The minimum absolute atomic E-state index is 0.0405. The second-order valence-electron chi connectivity index (χ2n) is 5.79. The number of methoxy groups -OCH3 is 1. The van der Waals surface area contributed by atoms with Crippen LogP contribution in [-0.4, -0.2) is 34.6 Å². The van der Waals surface area contributed by atoms with Gasteiger partial charge in [0.25, 0.3) is 11.6 Å². The third kappa shape index (κ3) is 4.56. The van der Waals surface area contributed by atoms with Gasteiger partial charge in [-0.2, -0.15) is 0 Å². The van der Waals surface area contributed by atoms with E-state index in [1.54, 1.807) is 19.1 Å². The first-order chi connectivity index (χ1) is 12.6. The van der Waals surface area contributed by atoms with Crippen LogP contribution in [-0.2, 0) is 16.6 Å². The number of hydrogen-bond acceptors (Lipinski definition) is 6. The highest BCUT2D eigenvalue weighted by atomic mass is 35.5. The van der Waals surface area contributed by atoms with Crippen LogP contribution in [0.25, 0.3) is 0 Å². The molecule has 0 bridgehead atoms. The lowest BCUT2D eigenvalue weighted by atomic mass is 10.2. The smallest absolute Gasteiger partial charge is 0.355 e. The quantitative estimate of drug-likeness (QED) is 0.457. The van der Waals surface area contributed by atoms with Gasteiger partial charge < -0.3 is 19.4 Å². The minimum Gasteiger partial charge on any atom is -0.495 e. The summed E-state index contributed by atoms with van der Waals surface area (Å²) in [5, 5.41) is 13.9. The van der Waals surface area contributed by atoms with Crippen LogP contribution >= 0.6 is 11.6 Å². The number of ether oxygens (including phenoxy) is 2. The number of nitro groups is 1. The summed E-state index contributed by atoms with van der Waals surface area (Å²) in [6, 6.07) is 4.28. The molecule has 0 saturated carbocycles. The highest BCUT2D eigenvalue weighted by molar-refractivity contribution is 6.31. The Bertz CT molecular complexity index is 908. The van der Waals surface area contributed by atoms with Crippen molar-refractivity contribution in [2.75, 3.05) is 12.4 Å². The van der Waals surface area contributed by atoms with Crippen molar-refractivity contribution in [3.63, 3.8) is 0 Å². The van der Waals surface area contributed by atoms with E-state index in [0.29, 0.717) is 16.5 Å². The van der Waals surface area contributed by atoms with E-state index in [4.69, 9.17) is 21.1 Å².